The lowest BCUT2D eigenvalue weighted by Gasteiger charge is -2.27. The van der Waals surface area contributed by atoms with Gasteiger partial charge in [0.2, 0.25) is 5.91 Å². The van der Waals surface area contributed by atoms with Gasteiger partial charge in [0.15, 0.2) is 5.76 Å². The van der Waals surface area contributed by atoms with Crippen LogP contribution in [0.4, 0.5) is 0 Å². The molecule has 2 atom stereocenters. The van der Waals surface area contributed by atoms with Crippen LogP contribution >= 0.6 is 11.6 Å². The number of nitrogens with zero attached hydrogens (tertiary/aromatic N) is 2. The van der Waals surface area contributed by atoms with Crippen molar-refractivity contribution in [1.82, 2.24) is 15.4 Å². The summed E-state index contributed by atoms with van der Waals surface area (Å²) in [5.41, 5.74) is 4.75. The van der Waals surface area contributed by atoms with Crippen LogP contribution in [0.3, 0.4) is 0 Å². The van der Waals surface area contributed by atoms with Gasteiger partial charge in [-0.2, -0.15) is 0 Å². The number of carbonyl (C=O) groups is 2. The highest BCUT2D eigenvalue weighted by Crippen LogP contribution is 2.36. The van der Waals surface area contributed by atoms with Crippen LogP contribution in [0.15, 0.2) is 83.4 Å². The number of benzene rings is 3. The van der Waals surface area contributed by atoms with Gasteiger partial charge in [-0.15, -0.1) is 0 Å². The summed E-state index contributed by atoms with van der Waals surface area (Å²) < 4.78 is 5.57. The summed E-state index contributed by atoms with van der Waals surface area (Å²) in [6.07, 6.45) is 0. The molecule has 0 fully saturated rings. The van der Waals surface area contributed by atoms with Crippen molar-refractivity contribution < 1.29 is 14.1 Å². The number of halogens is 1. The molecule has 2 unspecified atom stereocenters. The van der Waals surface area contributed by atoms with Crippen LogP contribution in [-0.2, 0) is 11.3 Å². The van der Waals surface area contributed by atoms with Gasteiger partial charge in [-0.3, -0.25) is 9.59 Å². The average molecular weight is 500 g/mol. The Kier molecular flexibility index (Phi) is 6.61. The third-order valence-corrected chi connectivity index (χ3v) is 6.93. The molecule has 7 heteroatoms. The van der Waals surface area contributed by atoms with Crippen LogP contribution in [0, 0.1) is 6.92 Å². The topological polar surface area (TPSA) is 75.4 Å². The molecule has 0 bridgehead atoms. The molecule has 2 amide bonds. The average Bonchev–Trinajstić information content (AvgIpc) is 3.40. The summed E-state index contributed by atoms with van der Waals surface area (Å²) in [4.78, 5) is 28.6. The van der Waals surface area contributed by atoms with E-state index in [2.05, 4.69) is 10.5 Å². The third kappa shape index (κ3) is 4.52. The second-order valence-electron chi connectivity index (χ2n) is 9.06. The Hall–Kier alpha value is -3.90. The molecule has 36 heavy (non-hydrogen) atoms. The van der Waals surface area contributed by atoms with Gasteiger partial charge in [-0.25, -0.2) is 0 Å². The number of aromatic nitrogens is 1. The first-order valence-electron chi connectivity index (χ1n) is 11.9. The predicted octanol–water partition coefficient (Wildman–Crippen LogP) is 5.92. The number of nitrogens with one attached hydrogen (secondary N) is 1. The Morgan fingerprint density at radius 3 is 2.50 bits per heavy atom. The van der Waals surface area contributed by atoms with E-state index in [1.165, 1.54) is 0 Å². The van der Waals surface area contributed by atoms with Crippen molar-refractivity contribution in [2.75, 3.05) is 6.54 Å². The molecule has 1 N–H and O–H groups in total. The SMILES string of the molecule is Cc1noc(-c2ccccc2)c1CNC(=O)C1c2ccccc2C(=O)N1CC(C)c1ccc(Cl)cc1. The Bertz CT molecular complexity index is 1400. The maximum atomic E-state index is 13.6. The monoisotopic (exact) mass is 499 g/mol. The first-order chi connectivity index (χ1) is 17.4. The van der Waals surface area contributed by atoms with Gasteiger partial charge >= 0.3 is 0 Å². The van der Waals surface area contributed by atoms with Gasteiger partial charge < -0.3 is 14.7 Å². The Labute approximate surface area is 214 Å². The number of fused-ring (bicyclic) bond motifs is 1. The lowest BCUT2D eigenvalue weighted by atomic mass is 9.99. The van der Waals surface area contributed by atoms with E-state index in [-0.39, 0.29) is 24.3 Å². The summed E-state index contributed by atoms with van der Waals surface area (Å²) in [6, 6.07) is 23.8. The van der Waals surface area contributed by atoms with Crippen molar-refractivity contribution in [2.45, 2.75) is 32.4 Å². The van der Waals surface area contributed by atoms with Crippen molar-refractivity contribution in [2.24, 2.45) is 0 Å². The zero-order valence-corrected chi connectivity index (χ0v) is 20.8. The minimum Gasteiger partial charge on any atom is -0.356 e. The first-order valence-corrected chi connectivity index (χ1v) is 12.3. The standard InChI is InChI=1S/C29H26ClN3O3/c1-18(20-12-14-22(30)15-13-20)17-33-26(23-10-6-7-11-24(23)29(33)35)28(34)31-16-25-19(2)32-36-27(25)21-8-4-3-5-9-21/h3-15,18,26H,16-17H2,1-2H3,(H,31,34). The van der Waals surface area contributed by atoms with Crippen LogP contribution in [0.25, 0.3) is 11.3 Å². The van der Waals surface area contributed by atoms with Gasteiger partial charge in [0.05, 0.1) is 5.69 Å². The number of carbonyl (C=O) groups excluding carboxylic acids is 2. The zero-order chi connectivity index (χ0) is 25.2. The van der Waals surface area contributed by atoms with E-state index in [1.54, 1.807) is 11.0 Å². The fourth-order valence-corrected chi connectivity index (χ4v) is 4.84. The minimum absolute atomic E-state index is 0.0147. The number of hydrogen-bond donors (Lipinski definition) is 1. The van der Waals surface area contributed by atoms with E-state index in [0.717, 1.165) is 16.7 Å². The van der Waals surface area contributed by atoms with Crippen LogP contribution < -0.4 is 5.32 Å². The van der Waals surface area contributed by atoms with Gasteiger partial charge in [0.1, 0.15) is 6.04 Å². The minimum atomic E-state index is -0.719. The predicted molar refractivity (Wildman–Crippen MR) is 139 cm³/mol. The Balaban J connectivity index is 1.39. The molecule has 0 radical (unpaired) electrons. The maximum Gasteiger partial charge on any atom is 0.255 e. The highest BCUT2D eigenvalue weighted by molar-refractivity contribution is 6.30. The largest absolute Gasteiger partial charge is 0.356 e. The molecule has 4 aromatic rings. The molecular formula is C29H26ClN3O3. The lowest BCUT2D eigenvalue weighted by Crippen LogP contribution is -2.40. The molecular weight excluding hydrogens is 474 g/mol. The maximum absolute atomic E-state index is 13.6. The van der Waals surface area contributed by atoms with Gasteiger partial charge in [-0.1, -0.05) is 84.3 Å². The molecule has 5 rings (SSSR count). The van der Waals surface area contributed by atoms with Crippen LogP contribution in [0.2, 0.25) is 5.02 Å². The summed E-state index contributed by atoms with van der Waals surface area (Å²) in [5.74, 6) is 0.263. The summed E-state index contributed by atoms with van der Waals surface area (Å²) in [6.45, 7) is 4.54. The van der Waals surface area contributed by atoms with Crippen LogP contribution in [0.1, 0.15) is 51.6 Å². The first kappa shape index (κ1) is 23.8. The van der Waals surface area contributed by atoms with E-state index in [4.69, 9.17) is 16.1 Å². The smallest absolute Gasteiger partial charge is 0.255 e. The zero-order valence-electron chi connectivity index (χ0n) is 20.1. The molecule has 6 nitrogen and oxygen atoms in total. The summed E-state index contributed by atoms with van der Waals surface area (Å²) >= 11 is 6.05. The lowest BCUT2D eigenvalue weighted by molar-refractivity contribution is -0.125. The molecule has 0 spiro atoms. The van der Waals surface area contributed by atoms with Crippen LogP contribution in [0.5, 0.6) is 0 Å². The van der Waals surface area contributed by atoms with Gasteiger partial charge in [0.25, 0.3) is 5.91 Å². The molecule has 2 heterocycles. The fraction of sp³-hybridized carbons (Fsp3) is 0.207. The van der Waals surface area contributed by atoms with Crippen molar-refractivity contribution in [3.63, 3.8) is 0 Å². The summed E-state index contributed by atoms with van der Waals surface area (Å²) in [7, 11) is 0. The number of rotatable bonds is 7. The van der Waals surface area contributed by atoms with Crippen molar-refractivity contribution in [3.05, 3.63) is 112 Å². The van der Waals surface area contributed by atoms with Gasteiger partial charge in [0, 0.05) is 34.8 Å². The highest BCUT2D eigenvalue weighted by Gasteiger charge is 2.41. The quantitative estimate of drug-likeness (QED) is 0.342. The van der Waals surface area contributed by atoms with E-state index < -0.39 is 6.04 Å². The van der Waals surface area contributed by atoms with E-state index in [9.17, 15) is 9.59 Å². The van der Waals surface area contributed by atoms with Crippen molar-refractivity contribution in [3.8, 4) is 11.3 Å². The Morgan fingerprint density at radius 2 is 1.75 bits per heavy atom. The highest BCUT2D eigenvalue weighted by atomic mass is 35.5. The fourth-order valence-electron chi connectivity index (χ4n) is 4.72. The number of hydrogen-bond acceptors (Lipinski definition) is 4. The molecule has 182 valence electrons. The van der Waals surface area contributed by atoms with Crippen LogP contribution in [-0.4, -0.2) is 28.4 Å². The van der Waals surface area contributed by atoms with Crippen molar-refractivity contribution >= 4 is 23.4 Å². The molecule has 1 aliphatic rings. The van der Waals surface area contributed by atoms with E-state index >= 15 is 0 Å². The molecule has 0 saturated carbocycles. The van der Waals surface area contributed by atoms with E-state index in [1.807, 2.05) is 86.6 Å². The van der Waals surface area contributed by atoms with E-state index in [0.29, 0.717) is 34.1 Å². The molecule has 0 aliphatic carbocycles. The molecule has 0 saturated heterocycles. The number of aryl methyl sites for hydroxylation is 1. The van der Waals surface area contributed by atoms with Gasteiger partial charge in [-0.05, 0) is 42.2 Å². The van der Waals surface area contributed by atoms with Crippen molar-refractivity contribution in [1.29, 1.82) is 0 Å². The molecule has 1 aliphatic heterocycles. The second-order valence-corrected chi connectivity index (χ2v) is 9.50. The number of amides is 2. The second kappa shape index (κ2) is 9.99. The molecule has 1 aromatic heterocycles. The molecule has 3 aromatic carbocycles. The normalized spacial score (nSPS) is 15.6. The third-order valence-electron chi connectivity index (χ3n) is 6.68. The Morgan fingerprint density at radius 1 is 1.06 bits per heavy atom. The summed E-state index contributed by atoms with van der Waals surface area (Å²) in [5, 5.41) is 7.81.